The fourth-order valence-electron chi connectivity index (χ4n) is 2.79. The number of aromatic nitrogens is 1. The summed E-state index contributed by atoms with van der Waals surface area (Å²) in [6.07, 6.45) is 6.11. The van der Waals surface area contributed by atoms with E-state index in [1.54, 1.807) is 24.5 Å². The van der Waals surface area contributed by atoms with Crippen molar-refractivity contribution in [1.29, 1.82) is 10.7 Å². The highest BCUT2D eigenvalue weighted by atomic mass is 15.2. The van der Waals surface area contributed by atoms with Gasteiger partial charge < -0.3 is 0 Å². The van der Waals surface area contributed by atoms with Crippen LogP contribution in [-0.2, 0) is 6.42 Å². The van der Waals surface area contributed by atoms with Gasteiger partial charge in [0, 0.05) is 18.0 Å². The van der Waals surface area contributed by atoms with Gasteiger partial charge in [-0.15, -0.1) is 0 Å². The van der Waals surface area contributed by atoms with Crippen molar-refractivity contribution in [3.63, 3.8) is 0 Å². The summed E-state index contributed by atoms with van der Waals surface area (Å²) in [5, 5.41) is 18.3. The predicted octanol–water partition coefficient (Wildman–Crippen LogP) is 4.17. The van der Waals surface area contributed by atoms with Gasteiger partial charge in [0.25, 0.3) is 0 Å². The molecule has 1 unspecified atom stereocenters. The van der Waals surface area contributed by atoms with Crippen LogP contribution in [0.2, 0.25) is 0 Å². The molecule has 0 spiro atoms. The minimum absolute atomic E-state index is 0.153. The number of nitrogens with one attached hydrogen (secondary N) is 1. The number of pyridine rings is 1. The Kier molecular flexibility index (Phi) is 5.18. The van der Waals surface area contributed by atoms with E-state index in [1.807, 2.05) is 60.7 Å². The molecule has 0 saturated carbocycles. The average Bonchev–Trinajstić information content (AvgIpc) is 2.70. The first-order valence-electron chi connectivity index (χ1n) is 8.06. The Morgan fingerprint density at radius 3 is 2.28 bits per heavy atom. The first kappa shape index (κ1) is 16.4. The molecule has 2 aromatic carbocycles. The lowest BCUT2D eigenvalue weighted by atomic mass is 9.97. The maximum absolute atomic E-state index is 9.78. The second-order valence-electron chi connectivity index (χ2n) is 5.68. The minimum atomic E-state index is -0.249. The van der Waals surface area contributed by atoms with E-state index in [0.717, 1.165) is 11.1 Å². The molecule has 4 heteroatoms. The summed E-state index contributed by atoms with van der Waals surface area (Å²) in [5.41, 5.74) is 2.75. The van der Waals surface area contributed by atoms with Crippen LogP contribution in [0.25, 0.3) is 0 Å². The molecule has 1 atom stereocenters. The van der Waals surface area contributed by atoms with Gasteiger partial charge >= 0.3 is 0 Å². The van der Waals surface area contributed by atoms with Gasteiger partial charge in [-0.3, -0.25) is 15.3 Å². The highest BCUT2D eigenvalue weighted by molar-refractivity contribution is 5.97. The number of nitrogens with zero attached hydrogens (tertiary/aromatic N) is 3. The lowest BCUT2D eigenvalue weighted by Gasteiger charge is -2.27. The largest absolute Gasteiger partial charge is 0.283 e. The molecular weight excluding hydrogens is 308 g/mol. The third kappa shape index (κ3) is 3.91. The van der Waals surface area contributed by atoms with E-state index in [2.05, 4.69) is 11.2 Å². The third-order valence-corrected chi connectivity index (χ3v) is 4.05. The average molecular weight is 326 g/mol. The van der Waals surface area contributed by atoms with Crippen molar-refractivity contribution in [2.45, 2.75) is 12.5 Å². The number of rotatable bonds is 5. The molecule has 0 amide bonds. The maximum atomic E-state index is 9.78. The van der Waals surface area contributed by atoms with E-state index in [9.17, 15) is 5.26 Å². The second-order valence-corrected chi connectivity index (χ2v) is 5.68. The fraction of sp³-hybridized carbons (Fsp3) is 0.0952. The molecule has 0 radical (unpaired) electrons. The molecule has 0 aliphatic heterocycles. The van der Waals surface area contributed by atoms with Crippen molar-refractivity contribution in [1.82, 2.24) is 9.88 Å². The fourth-order valence-corrected chi connectivity index (χ4v) is 2.79. The van der Waals surface area contributed by atoms with Gasteiger partial charge in [0.1, 0.15) is 5.84 Å². The van der Waals surface area contributed by atoms with Crippen molar-refractivity contribution in [3.05, 3.63) is 102 Å². The lowest BCUT2D eigenvalue weighted by Crippen LogP contribution is -2.32. The maximum Gasteiger partial charge on any atom is 0.186 e. The van der Waals surface area contributed by atoms with Gasteiger partial charge in [0.15, 0.2) is 6.19 Å². The van der Waals surface area contributed by atoms with E-state index in [4.69, 9.17) is 5.41 Å². The number of nitriles is 1. The summed E-state index contributed by atoms with van der Waals surface area (Å²) in [6, 6.07) is 23.2. The van der Waals surface area contributed by atoms with Gasteiger partial charge in [-0.2, -0.15) is 5.26 Å². The molecule has 3 aromatic rings. The zero-order valence-electron chi connectivity index (χ0n) is 13.7. The van der Waals surface area contributed by atoms with Crippen LogP contribution in [0.4, 0.5) is 0 Å². The number of hydrogen-bond acceptors (Lipinski definition) is 3. The van der Waals surface area contributed by atoms with Gasteiger partial charge in [-0.1, -0.05) is 60.7 Å². The van der Waals surface area contributed by atoms with Crippen molar-refractivity contribution >= 4 is 5.84 Å². The van der Waals surface area contributed by atoms with E-state index < -0.39 is 0 Å². The quantitative estimate of drug-likeness (QED) is 0.331. The van der Waals surface area contributed by atoms with Crippen LogP contribution in [0.15, 0.2) is 85.2 Å². The lowest BCUT2D eigenvalue weighted by molar-refractivity contribution is 0.421. The summed E-state index contributed by atoms with van der Waals surface area (Å²) in [7, 11) is 0. The molecule has 122 valence electrons. The van der Waals surface area contributed by atoms with E-state index >= 15 is 0 Å². The molecule has 1 heterocycles. The number of benzene rings is 2. The van der Waals surface area contributed by atoms with E-state index in [1.165, 1.54) is 4.90 Å². The molecule has 0 aliphatic rings. The summed E-state index contributed by atoms with van der Waals surface area (Å²) >= 11 is 0. The molecule has 3 rings (SSSR count). The topological polar surface area (TPSA) is 63.8 Å². The molecule has 0 saturated heterocycles. The van der Waals surface area contributed by atoms with Crippen LogP contribution < -0.4 is 0 Å². The van der Waals surface area contributed by atoms with Gasteiger partial charge in [0.05, 0.1) is 6.04 Å². The van der Waals surface area contributed by atoms with Crippen LogP contribution in [0, 0.1) is 16.9 Å². The van der Waals surface area contributed by atoms with Crippen molar-refractivity contribution < 1.29 is 0 Å². The number of hydrogen-bond donors (Lipinski definition) is 1. The molecule has 1 N–H and O–H groups in total. The zero-order valence-corrected chi connectivity index (χ0v) is 13.7. The molecule has 25 heavy (non-hydrogen) atoms. The Labute approximate surface area is 147 Å². The summed E-state index contributed by atoms with van der Waals surface area (Å²) in [4.78, 5) is 5.52. The molecule has 4 nitrogen and oxygen atoms in total. The molecule has 1 aromatic heterocycles. The zero-order chi connectivity index (χ0) is 17.5. The Bertz CT molecular complexity index is 855. The van der Waals surface area contributed by atoms with Crippen molar-refractivity contribution in [3.8, 4) is 6.19 Å². The van der Waals surface area contributed by atoms with Crippen LogP contribution in [-0.4, -0.2) is 15.7 Å². The Morgan fingerprint density at radius 2 is 1.68 bits per heavy atom. The predicted molar refractivity (Wildman–Crippen MR) is 97.8 cm³/mol. The third-order valence-electron chi connectivity index (χ3n) is 4.05. The van der Waals surface area contributed by atoms with Gasteiger partial charge in [-0.25, -0.2) is 0 Å². The van der Waals surface area contributed by atoms with Crippen molar-refractivity contribution in [2.75, 3.05) is 0 Å². The van der Waals surface area contributed by atoms with Crippen LogP contribution in [0.5, 0.6) is 0 Å². The second kappa shape index (κ2) is 7.89. The highest BCUT2D eigenvalue weighted by Gasteiger charge is 2.24. The Hall–Kier alpha value is -3.45. The highest BCUT2D eigenvalue weighted by Crippen LogP contribution is 2.26. The molecule has 0 bridgehead atoms. The van der Waals surface area contributed by atoms with E-state index in [0.29, 0.717) is 12.0 Å². The molecule has 0 aliphatic carbocycles. The summed E-state index contributed by atoms with van der Waals surface area (Å²) in [6.45, 7) is 0. The SMILES string of the molecule is N#CN(C(=N)c1cccnc1)C(Cc1ccccc1)c1ccccc1. The summed E-state index contributed by atoms with van der Waals surface area (Å²) < 4.78 is 0. The first-order valence-corrected chi connectivity index (χ1v) is 8.06. The minimum Gasteiger partial charge on any atom is -0.283 e. The van der Waals surface area contributed by atoms with Crippen LogP contribution in [0.1, 0.15) is 22.7 Å². The smallest absolute Gasteiger partial charge is 0.186 e. The normalized spacial score (nSPS) is 11.3. The van der Waals surface area contributed by atoms with Gasteiger partial charge in [-0.05, 0) is 29.7 Å². The van der Waals surface area contributed by atoms with Gasteiger partial charge in [0.2, 0.25) is 0 Å². The Morgan fingerprint density at radius 1 is 1.00 bits per heavy atom. The molecule has 0 fully saturated rings. The monoisotopic (exact) mass is 326 g/mol. The van der Waals surface area contributed by atoms with E-state index in [-0.39, 0.29) is 11.9 Å². The Balaban J connectivity index is 1.97. The standard InChI is InChI=1S/C21H18N4/c22-16-25(21(23)19-12-7-13-24-15-19)20(18-10-5-2-6-11-18)14-17-8-3-1-4-9-17/h1-13,15,20,23H,14H2. The van der Waals surface area contributed by atoms with Crippen molar-refractivity contribution in [2.24, 2.45) is 0 Å². The van der Waals surface area contributed by atoms with Crippen LogP contribution in [0.3, 0.4) is 0 Å². The molecular formula is C21H18N4. The first-order chi connectivity index (χ1) is 12.3. The summed E-state index contributed by atoms with van der Waals surface area (Å²) in [5.74, 6) is 0.153. The number of amidine groups is 1. The van der Waals surface area contributed by atoms with Crippen LogP contribution >= 0.6 is 0 Å².